The summed E-state index contributed by atoms with van der Waals surface area (Å²) in [5.74, 6) is 0. The molecule has 0 bridgehead atoms. The monoisotopic (exact) mass is 273 g/mol. The van der Waals surface area contributed by atoms with Crippen LogP contribution in [0.2, 0.25) is 0 Å². The number of nitrogens with zero attached hydrogens (tertiary/aromatic N) is 1. The highest BCUT2D eigenvalue weighted by molar-refractivity contribution is 9.10. The summed E-state index contributed by atoms with van der Waals surface area (Å²) in [6, 6.07) is 4.67. The van der Waals surface area contributed by atoms with Gasteiger partial charge in [0.25, 0.3) is 5.69 Å². The third kappa shape index (κ3) is 3.60. The number of rotatable bonds is 4. The van der Waals surface area contributed by atoms with Gasteiger partial charge in [-0.3, -0.25) is 10.1 Å². The maximum Gasteiger partial charge on any atom is 0.270 e. The number of nitro benzene ring substituents is 1. The SMILES string of the molecule is CC(O)CCc1ccc([N+](=O)[O-])cc1Br. The molecular weight excluding hydrogens is 262 g/mol. The summed E-state index contributed by atoms with van der Waals surface area (Å²) in [4.78, 5) is 10.0. The van der Waals surface area contributed by atoms with E-state index in [9.17, 15) is 10.1 Å². The second kappa shape index (κ2) is 5.23. The Labute approximate surface area is 96.2 Å². The standard InChI is InChI=1S/C10H12BrNO3/c1-7(13)2-3-8-4-5-9(12(14)15)6-10(8)11/h4-7,13H,2-3H2,1H3. The predicted octanol–water partition coefficient (Wildman–Crippen LogP) is 2.67. The molecule has 0 aromatic heterocycles. The van der Waals surface area contributed by atoms with Crippen LogP contribution in [0.4, 0.5) is 5.69 Å². The molecule has 4 nitrogen and oxygen atoms in total. The molecule has 1 rings (SSSR count). The zero-order chi connectivity index (χ0) is 11.4. The molecule has 0 radical (unpaired) electrons. The Morgan fingerprint density at radius 3 is 2.73 bits per heavy atom. The van der Waals surface area contributed by atoms with Crippen LogP contribution in [0.1, 0.15) is 18.9 Å². The lowest BCUT2D eigenvalue weighted by Gasteiger charge is -2.06. The zero-order valence-electron chi connectivity index (χ0n) is 8.31. The molecule has 1 aromatic carbocycles. The van der Waals surface area contributed by atoms with Crippen molar-refractivity contribution in [2.45, 2.75) is 25.9 Å². The van der Waals surface area contributed by atoms with Gasteiger partial charge in [-0.05, 0) is 25.3 Å². The minimum atomic E-state index is -0.427. The Hall–Kier alpha value is -0.940. The fourth-order valence-corrected chi connectivity index (χ4v) is 1.78. The Morgan fingerprint density at radius 2 is 2.27 bits per heavy atom. The molecule has 0 aliphatic rings. The fourth-order valence-electron chi connectivity index (χ4n) is 1.22. The minimum absolute atomic E-state index is 0.0719. The van der Waals surface area contributed by atoms with E-state index in [1.165, 1.54) is 12.1 Å². The lowest BCUT2D eigenvalue weighted by molar-refractivity contribution is -0.384. The second-order valence-corrected chi connectivity index (χ2v) is 4.27. The highest BCUT2D eigenvalue weighted by Gasteiger charge is 2.09. The Bertz CT molecular complexity index is 366. The fraction of sp³-hybridized carbons (Fsp3) is 0.400. The molecule has 1 unspecified atom stereocenters. The molecule has 0 saturated heterocycles. The van der Waals surface area contributed by atoms with Gasteiger partial charge < -0.3 is 5.11 Å². The maximum atomic E-state index is 10.5. The van der Waals surface area contributed by atoms with Gasteiger partial charge in [-0.15, -0.1) is 0 Å². The number of hydrogen-bond acceptors (Lipinski definition) is 3. The van der Waals surface area contributed by atoms with Gasteiger partial charge in [0.15, 0.2) is 0 Å². The first-order chi connectivity index (χ1) is 7.00. The molecule has 5 heteroatoms. The van der Waals surface area contributed by atoms with E-state index < -0.39 is 4.92 Å². The smallest absolute Gasteiger partial charge is 0.270 e. The number of benzene rings is 1. The van der Waals surface area contributed by atoms with Gasteiger partial charge in [0, 0.05) is 16.6 Å². The van der Waals surface area contributed by atoms with E-state index in [0.29, 0.717) is 12.8 Å². The Balaban J connectivity index is 2.79. The Morgan fingerprint density at radius 1 is 1.60 bits per heavy atom. The van der Waals surface area contributed by atoms with Crippen molar-refractivity contribution < 1.29 is 10.0 Å². The molecule has 1 atom stereocenters. The average molecular weight is 274 g/mol. The van der Waals surface area contributed by atoms with Gasteiger partial charge in [0.1, 0.15) is 0 Å². The lowest BCUT2D eigenvalue weighted by atomic mass is 10.1. The number of hydrogen-bond donors (Lipinski definition) is 1. The summed E-state index contributed by atoms with van der Waals surface area (Å²) in [7, 11) is 0. The number of aliphatic hydroxyl groups excluding tert-OH is 1. The summed E-state index contributed by atoms with van der Waals surface area (Å²) < 4.78 is 0.720. The van der Waals surface area contributed by atoms with Gasteiger partial charge in [0.05, 0.1) is 11.0 Å². The molecule has 0 heterocycles. The topological polar surface area (TPSA) is 63.4 Å². The van der Waals surface area contributed by atoms with E-state index in [-0.39, 0.29) is 11.8 Å². The first kappa shape index (κ1) is 12.1. The summed E-state index contributed by atoms with van der Waals surface area (Å²) in [6.45, 7) is 1.72. The quantitative estimate of drug-likeness (QED) is 0.678. The summed E-state index contributed by atoms with van der Waals surface area (Å²) in [5.41, 5.74) is 1.05. The number of aliphatic hydroxyl groups is 1. The summed E-state index contributed by atoms with van der Waals surface area (Å²) >= 11 is 3.28. The largest absolute Gasteiger partial charge is 0.393 e. The van der Waals surface area contributed by atoms with Crippen molar-refractivity contribution in [3.63, 3.8) is 0 Å². The minimum Gasteiger partial charge on any atom is -0.393 e. The maximum absolute atomic E-state index is 10.5. The van der Waals surface area contributed by atoms with Gasteiger partial charge >= 0.3 is 0 Å². The van der Waals surface area contributed by atoms with Crippen LogP contribution >= 0.6 is 15.9 Å². The molecule has 82 valence electrons. The first-order valence-electron chi connectivity index (χ1n) is 4.61. The molecule has 0 fully saturated rings. The van der Waals surface area contributed by atoms with E-state index in [1.807, 2.05) is 0 Å². The second-order valence-electron chi connectivity index (χ2n) is 3.42. The van der Waals surface area contributed by atoms with Crippen LogP contribution in [0, 0.1) is 10.1 Å². The van der Waals surface area contributed by atoms with Crippen LogP contribution in [0.15, 0.2) is 22.7 Å². The molecule has 1 aromatic rings. The van der Waals surface area contributed by atoms with E-state index in [4.69, 9.17) is 5.11 Å². The third-order valence-corrected chi connectivity index (χ3v) is 2.82. The van der Waals surface area contributed by atoms with E-state index >= 15 is 0 Å². The van der Waals surface area contributed by atoms with Crippen LogP contribution in [0.3, 0.4) is 0 Å². The zero-order valence-corrected chi connectivity index (χ0v) is 9.90. The third-order valence-electron chi connectivity index (χ3n) is 2.08. The van der Waals surface area contributed by atoms with Crippen LogP contribution in [-0.2, 0) is 6.42 Å². The van der Waals surface area contributed by atoms with Crippen LogP contribution in [0.5, 0.6) is 0 Å². The van der Waals surface area contributed by atoms with E-state index in [1.54, 1.807) is 13.0 Å². The van der Waals surface area contributed by atoms with Crippen molar-refractivity contribution in [1.29, 1.82) is 0 Å². The van der Waals surface area contributed by atoms with E-state index in [0.717, 1.165) is 10.0 Å². The number of non-ortho nitro benzene ring substituents is 1. The number of nitro groups is 1. The molecule has 0 aliphatic carbocycles. The van der Waals surface area contributed by atoms with Crippen molar-refractivity contribution in [3.05, 3.63) is 38.3 Å². The molecule has 0 spiro atoms. The van der Waals surface area contributed by atoms with Gasteiger partial charge in [0.2, 0.25) is 0 Å². The summed E-state index contributed by atoms with van der Waals surface area (Å²) in [6.07, 6.45) is 0.999. The Kier molecular flexibility index (Phi) is 4.23. The van der Waals surface area contributed by atoms with Crippen molar-refractivity contribution in [3.8, 4) is 0 Å². The molecule has 15 heavy (non-hydrogen) atoms. The molecule has 0 aliphatic heterocycles. The van der Waals surface area contributed by atoms with Gasteiger partial charge in [-0.1, -0.05) is 22.0 Å². The molecule has 0 amide bonds. The van der Waals surface area contributed by atoms with Crippen LogP contribution < -0.4 is 0 Å². The van der Waals surface area contributed by atoms with Gasteiger partial charge in [-0.2, -0.15) is 0 Å². The van der Waals surface area contributed by atoms with Crippen molar-refractivity contribution in [2.75, 3.05) is 0 Å². The summed E-state index contributed by atoms with van der Waals surface area (Å²) in [5, 5.41) is 19.6. The average Bonchev–Trinajstić information content (AvgIpc) is 2.15. The van der Waals surface area contributed by atoms with Crippen LogP contribution in [0.25, 0.3) is 0 Å². The highest BCUT2D eigenvalue weighted by atomic mass is 79.9. The highest BCUT2D eigenvalue weighted by Crippen LogP contribution is 2.24. The van der Waals surface area contributed by atoms with Crippen molar-refractivity contribution in [2.24, 2.45) is 0 Å². The first-order valence-corrected chi connectivity index (χ1v) is 5.41. The normalized spacial score (nSPS) is 12.5. The molecule has 0 saturated carbocycles. The number of halogens is 1. The number of aryl methyl sites for hydroxylation is 1. The lowest BCUT2D eigenvalue weighted by Crippen LogP contribution is -2.02. The van der Waals surface area contributed by atoms with Crippen molar-refractivity contribution in [1.82, 2.24) is 0 Å². The van der Waals surface area contributed by atoms with E-state index in [2.05, 4.69) is 15.9 Å². The molecular formula is C10H12BrNO3. The van der Waals surface area contributed by atoms with Crippen LogP contribution in [-0.4, -0.2) is 16.1 Å². The van der Waals surface area contributed by atoms with Gasteiger partial charge in [-0.25, -0.2) is 0 Å². The van der Waals surface area contributed by atoms with Crippen molar-refractivity contribution >= 4 is 21.6 Å². The molecule has 1 N–H and O–H groups in total. The predicted molar refractivity (Wildman–Crippen MR) is 60.8 cm³/mol.